The van der Waals surface area contributed by atoms with Gasteiger partial charge in [-0.15, -0.1) is 0 Å². The zero-order chi connectivity index (χ0) is 15.7. The van der Waals surface area contributed by atoms with Crippen LogP contribution < -0.4 is 0 Å². The molecule has 2 aromatic rings. The molecule has 0 spiro atoms. The maximum Gasteiger partial charge on any atom is 0.226 e. The number of hydrogen-bond donors (Lipinski definition) is 0. The summed E-state index contributed by atoms with van der Waals surface area (Å²) in [7, 11) is 1.79. The van der Waals surface area contributed by atoms with Crippen LogP contribution in [-0.2, 0) is 11.3 Å². The van der Waals surface area contributed by atoms with E-state index in [2.05, 4.69) is 9.97 Å². The van der Waals surface area contributed by atoms with E-state index in [1.165, 1.54) is 0 Å². The number of rotatable bonds is 4. The SMILES string of the molecule is CN(Cc1cnccn1)C(=O)C1CC1c1cc(Cl)cc(Cl)c1. The Morgan fingerprint density at radius 2 is 2.00 bits per heavy atom. The average molecular weight is 336 g/mol. The van der Waals surface area contributed by atoms with Gasteiger partial charge >= 0.3 is 0 Å². The molecule has 1 aliphatic rings. The largest absolute Gasteiger partial charge is 0.340 e. The fourth-order valence-electron chi connectivity index (χ4n) is 2.64. The second-order valence-electron chi connectivity index (χ2n) is 5.54. The van der Waals surface area contributed by atoms with Crippen LogP contribution in [0.4, 0.5) is 0 Å². The van der Waals surface area contributed by atoms with E-state index in [0.717, 1.165) is 17.7 Å². The third-order valence-corrected chi connectivity index (χ3v) is 4.25. The van der Waals surface area contributed by atoms with Crippen molar-refractivity contribution in [1.82, 2.24) is 14.9 Å². The molecule has 1 fully saturated rings. The number of nitrogens with zero attached hydrogens (tertiary/aromatic N) is 3. The first-order valence-corrected chi connectivity index (χ1v) is 7.76. The molecule has 4 nitrogen and oxygen atoms in total. The molecule has 0 aliphatic heterocycles. The second-order valence-corrected chi connectivity index (χ2v) is 6.42. The minimum atomic E-state index is -0.00351. The molecule has 3 rings (SSSR count). The van der Waals surface area contributed by atoms with E-state index in [9.17, 15) is 4.79 Å². The van der Waals surface area contributed by atoms with Gasteiger partial charge in [-0.1, -0.05) is 23.2 Å². The Balaban J connectivity index is 1.65. The number of halogens is 2. The molecule has 1 heterocycles. The molecule has 1 aromatic carbocycles. The van der Waals surface area contributed by atoms with E-state index >= 15 is 0 Å². The maximum atomic E-state index is 12.5. The van der Waals surface area contributed by atoms with Crippen LogP contribution in [0.2, 0.25) is 10.0 Å². The van der Waals surface area contributed by atoms with Crippen molar-refractivity contribution in [2.75, 3.05) is 7.05 Å². The van der Waals surface area contributed by atoms with Crippen LogP contribution >= 0.6 is 23.2 Å². The molecular formula is C16H15Cl2N3O. The van der Waals surface area contributed by atoms with E-state index in [1.807, 2.05) is 12.1 Å². The van der Waals surface area contributed by atoms with Crippen LogP contribution in [0.15, 0.2) is 36.8 Å². The summed E-state index contributed by atoms with van der Waals surface area (Å²) in [6, 6.07) is 5.47. The number of carbonyl (C=O) groups excluding carboxylic acids is 1. The molecule has 0 radical (unpaired) electrons. The summed E-state index contributed by atoms with van der Waals surface area (Å²) < 4.78 is 0. The van der Waals surface area contributed by atoms with Crippen molar-refractivity contribution in [3.8, 4) is 0 Å². The Morgan fingerprint density at radius 1 is 1.27 bits per heavy atom. The topological polar surface area (TPSA) is 46.1 Å². The Labute approximate surface area is 139 Å². The second kappa shape index (κ2) is 6.23. The summed E-state index contributed by atoms with van der Waals surface area (Å²) in [5, 5.41) is 1.21. The number of hydrogen-bond acceptors (Lipinski definition) is 3. The first-order chi connectivity index (χ1) is 10.5. The lowest BCUT2D eigenvalue weighted by Gasteiger charge is -2.16. The summed E-state index contributed by atoms with van der Waals surface area (Å²) >= 11 is 12.0. The zero-order valence-electron chi connectivity index (χ0n) is 12.0. The van der Waals surface area contributed by atoms with Crippen molar-refractivity contribution < 1.29 is 4.79 Å². The highest BCUT2D eigenvalue weighted by molar-refractivity contribution is 6.34. The van der Waals surface area contributed by atoms with Crippen LogP contribution in [0.25, 0.3) is 0 Å². The average Bonchev–Trinajstić information content (AvgIpc) is 3.27. The van der Waals surface area contributed by atoms with E-state index in [-0.39, 0.29) is 17.7 Å². The molecule has 1 saturated carbocycles. The van der Waals surface area contributed by atoms with Crippen LogP contribution in [0.1, 0.15) is 23.6 Å². The predicted molar refractivity (Wildman–Crippen MR) is 85.8 cm³/mol. The molecule has 0 saturated heterocycles. The maximum absolute atomic E-state index is 12.5. The van der Waals surface area contributed by atoms with Gasteiger partial charge < -0.3 is 4.90 Å². The van der Waals surface area contributed by atoms with Gasteiger partial charge in [0.15, 0.2) is 0 Å². The highest BCUT2D eigenvalue weighted by atomic mass is 35.5. The molecule has 22 heavy (non-hydrogen) atoms. The third kappa shape index (κ3) is 3.39. The Hall–Kier alpha value is -1.65. The monoisotopic (exact) mass is 335 g/mol. The van der Waals surface area contributed by atoms with Crippen LogP contribution in [0, 0.1) is 5.92 Å². The fourth-order valence-corrected chi connectivity index (χ4v) is 3.18. The summed E-state index contributed by atoms with van der Waals surface area (Å²) in [6.07, 6.45) is 5.75. The first kappa shape index (κ1) is 15.3. The van der Waals surface area contributed by atoms with Gasteiger partial charge in [0.2, 0.25) is 5.91 Å². The molecule has 1 amide bonds. The standard InChI is InChI=1S/C16H15Cl2N3O/c1-21(9-13-8-19-2-3-20-13)16(22)15-7-14(15)10-4-11(17)6-12(18)5-10/h2-6,8,14-15H,7,9H2,1H3. The summed E-state index contributed by atoms with van der Waals surface area (Å²) in [6.45, 7) is 0.464. The molecular weight excluding hydrogens is 321 g/mol. The van der Waals surface area contributed by atoms with Crippen molar-refractivity contribution in [2.24, 2.45) is 5.92 Å². The van der Waals surface area contributed by atoms with Crippen molar-refractivity contribution >= 4 is 29.1 Å². The number of amides is 1. The zero-order valence-corrected chi connectivity index (χ0v) is 13.6. The van der Waals surface area contributed by atoms with E-state index in [1.54, 1.807) is 36.6 Å². The minimum absolute atomic E-state index is 0.00351. The number of benzene rings is 1. The van der Waals surface area contributed by atoms with Gasteiger partial charge in [-0.3, -0.25) is 14.8 Å². The molecule has 1 aromatic heterocycles. The minimum Gasteiger partial charge on any atom is -0.340 e. The number of aromatic nitrogens is 2. The van der Waals surface area contributed by atoms with Gasteiger partial charge in [-0.2, -0.15) is 0 Å². The Kier molecular flexibility index (Phi) is 4.32. The quantitative estimate of drug-likeness (QED) is 0.858. The fraction of sp³-hybridized carbons (Fsp3) is 0.312. The van der Waals surface area contributed by atoms with Crippen molar-refractivity contribution in [1.29, 1.82) is 0 Å². The molecule has 2 atom stereocenters. The smallest absolute Gasteiger partial charge is 0.226 e. The van der Waals surface area contributed by atoms with Gasteiger partial charge in [0.1, 0.15) is 0 Å². The van der Waals surface area contributed by atoms with Crippen molar-refractivity contribution in [3.05, 3.63) is 58.1 Å². The number of carbonyl (C=O) groups is 1. The lowest BCUT2D eigenvalue weighted by atomic mass is 10.1. The van der Waals surface area contributed by atoms with E-state index in [0.29, 0.717) is 16.6 Å². The Morgan fingerprint density at radius 3 is 2.64 bits per heavy atom. The lowest BCUT2D eigenvalue weighted by Crippen LogP contribution is -2.28. The van der Waals surface area contributed by atoms with Gasteiger partial charge in [0.25, 0.3) is 0 Å². The first-order valence-electron chi connectivity index (χ1n) is 7.00. The molecule has 0 bridgehead atoms. The Bertz CT molecular complexity index is 673. The van der Waals surface area contributed by atoms with E-state index < -0.39 is 0 Å². The molecule has 1 aliphatic carbocycles. The van der Waals surface area contributed by atoms with Crippen LogP contribution in [0.3, 0.4) is 0 Å². The lowest BCUT2D eigenvalue weighted by molar-refractivity contribution is -0.131. The normalized spacial score (nSPS) is 19.8. The molecule has 0 N–H and O–H groups in total. The summed E-state index contributed by atoms with van der Waals surface area (Å²) in [5.41, 5.74) is 1.81. The van der Waals surface area contributed by atoms with E-state index in [4.69, 9.17) is 23.2 Å². The van der Waals surface area contributed by atoms with Gasteiger partial charge in [0, 0.05) is 35.4 Å². The van der Waals surface area contributed by atoms with Gasteiger partial charge in [-0.05, 0) is 36.1 Å². The summed E-state index contributed by atoms with van der Waals surface area (Å²) in [5.74, 6) is 0.316. The molecule has 2 unspecified atom stereocenters. The third-order valence-electron chi connectivity index (χ3n) is 3.81. The molecule has 6 heteroatoms. The van der Waals surface area contributed by atoms with Gasteiger partial charge in [0.05, 0.1) is 18.4 Å². The van der Waals surface area contributed by atoms with Crippen LogP contribution in [-0.4, -0.2) is 27.8 Å². The highest BCUT2D eigenvalue weighted by Gasteiger charge is 2.45. The van der Waals surface area contributed by atoms with Crippen LogP contribution in [0.5, 0.6) is 0 Å². The van der Waals surface area contributed by atoms with Crippen molar-refractivity contribution in [2.45, 2.75) is 18.9 Å². The van der Waals surface area contributed by atoms with Crippen molar-refractivity contribution in [3.63, 3.8) is 0 Å². The molecule has 114 valence electrons. The summed E-state index contributed by atoms with van der Waals surface area (Å²) in [4.78, 5) is 22.4. The van der Waals surface area contributed by atoms with Gasteiger partial charge in [-0.25, -0.2) is 0 Å². The predicted octanol–water partition coefficient (Wildman–Crippen LogP) is 3.55. The highest BCUT2D eigenvalue weighted by Crippen LogP contribution is 2.49.